The van der Waals surface area contributed by atoms with Gasteiger partial charge in [0, 0.05) is 58.9 Å². The molecule has 0 aliphatic carbocycles. The number of unbranched alkanes of at least 4 members (excludes halogenated alkanes) is 1. The second kappa shape index (κ2) is 17.2. The molecule has 1 heterocycles. The van der Waals surface area contributed by atoms with Gasteiger partial charge in [-0.05, 0) is 19.4 Å². The van der Waals surface area contributed by atoms with Crippen LogP contribution in [0.5, 0.6) is 0 Å². The first-order valence-electron chi connectivity index (χ1n) is 11.4. The molecule has 0 aromatic heterocycles. The first kappa shape index (κ1) is 28.7. The van der Waals surface area contributed by atoms with Crippen LogP contribution in [0.2, 0.25) is 0 Å². The van der Waals surface area contributed by atoms with Crippen LogP contribution in [-0.4, -0.2) is 116 Å². The predicted molar refractivity (Wildman–Crippen MR) is 122 cm³/mol. The summed E-state index contributed by atoms with van der Waals surface area (Å²) >= 11 is 0. The number of carboxylic acid groups (broad SMARTS) is 2. The Bertz CT molecular complexity index is 610. The van der Waals surface area contributed by atoms with Gasteiger partial charge in [0.25, 0.3) is 0 Å². The zero-order chi connectivity index (χ0) is 24.5. The van der Waals surface area contributed by atoms with Crippen molar-refractivity contribution in [2.75, 3.05) is 65.4 Å². The van der Waals surface area contributed by atoms with Crippen molar-refractivity contribution < 1.29 is 29.4 Å². The standard InChI is InChI=1S/C20H39N7O6/c21-15(19(31)26-16(20(32)33)14-18(29)30)13-17(28)25-3-1-2-10-27-11-8-23-6-4-22-5-7-24-9-12-27/h15-16,22-24H,1-14,21H2,(H,25,28)(H,26,31)(H,29,30)(H,32,33)/t15-,16-/m0/s1. The topological polar surface area (TPSA) is 198 Å². The molecule has 1 aliphatic rings. The van der Waals surface area contributed by atoms with Crippen LogP contribution in [0, 0.1) is 0 Å². The number of nitrogens with zero attached hydrogens (tertiary/aromatic N) is 1. The van der Waals surface area contributed by atoms with E-state index in [1.54, 1.807) is 0 Å². The van der Waals surface area contributed by atoms with Gasteiger partial charge in [-0.3, -0.25) is 14.4 Å². The molecule has 2 amide bonds. The Morgan fingerprint density at radius 2 is 1.45 bits per heavy atom. The monoisotopic (exact) mass is 473 g/mol. The summed E-state index contributed by atoms with van der Waals surface area (Å²) in [6.07, 6.45) is 0.585. The quantitative estimate of drug-likeness (QED) is 0.132. The smallest absolute Gasteiger partial charge is 0.326 e. The second-order valence-electron chi connectivity index (χ2n) is 7.96. The number of rotatable bonds is 12. The summed E-state index contributed by atoms with van der Waals surface area (Å²) in [6, 6.07) is -2.87. The third-order valence-corrected chi connectivity index (χ3v) is 5.13. The summed E-state index contributed by atoms with van der Waals surface area (Å²) < 4.78 is 0. The molecule has 1 fully saturated rings. The maximum Gasteiger partial charge on any atom is 0.326 e. The molecule has 0 bridgehead atoms. The van der Waals surface area contributed by atoms with Gasteiger partial charge in [0.15, 0.2) is 0 Å². The molecular weight excluding hydrogens is 434 g/mol. The summed E-state index contributed by atoms with van der Waals surface area (Å²) in [5.74, 6) is -4.15. The number of carbonyl (C=O) groups excluding carboxylic acids is 2. The Balaban J connectivity index is 2.24. The number of aliphatic carboxylic acids is 2. The van der Waals surface area contributed by atoms with Crippen molar-refractivity contribution in [1.82, 2.24) is 31.5 Å². The summed E-state index contributed by atoms with van der Waals surface area (Å²) in [6.45, 7) is 8.91. The van der Waals surface area contributed by atoms with Gasteiger partial charge >= 0.3 is 11.9 Å². The van der Waals surface area contributed by atoms with E-state index in [1.807, 2.05) is 5.32 Å². The minimum Gasteiger partial charge on any atom is -0.481 e. The Morgan fingerprint density at radius 3 is 2.00 bits per heavy atom. The number of amides is 2. The highest BCUT2D eigenvalue weighted by Gasteiger charge is 2.26. The molecular formula is C20H39N7O6. The molecule has 13 nitrogen and oxygen atoms in total. The lowest BCUT2D eigenvalue weighted by atomic mass is 10.1. The van der Waals surface area contributed by atoms with Gasteiger partial charge in [-0.15, -0.1) is 0 Å². The van der Waals surface area contributed by atoms with Crippen LogP contribution in [-0.2, 0) is 19.2 Å². The van der Waals surface area contributed by atoms with Crippen LogP contribution in [0.4, 0.5) is 0 Å². The Labute approximate surface area is 194 Å². The summed E-state index contributed by atoms with van der Waals surface area (Å²) in [5, 5.41) is 32.6. The molecule has 33 heavy (non-hydrogen) atoms. The average molecular weight is 474 g/mol. The first-order valence-corrected chi connectivity index (χ1v) is 11.4. The largest absolute Gasteiger partial charge is 0.481 e. The number of hydrogen-bond donors (Lipinski definition) is 8. The molecule has 1 rings (SSSR count). The molecule has 190 valence electrons. The van der Waals surface area contributed by atoms with E-state index >= 15 is 0 Å². The van der Waals surface area contributed by atoms with E-state index < -0.39 is 42.3 Å². The van der Waals surface area contributed by atoms with Crippen molar-refractivity contribution in [3.05, 3.63) is 0 Å². The van der Waals surface area contributed by atoms with E-state index in [2.05, 4.69) is 26.2 Å². The number of carboxylic acids is 2. The van der Waals surface area contributed by atoms with E-state index in [-0.39, 0.29) is 6.42 Å². The van der Waals surface area contributed by atoms with E-state index in [1.165, 1.54) is 0 Å². The van der Waals surface area contributed by atoms with Crippen LogP contribution in [0.15, 0.2) is 0 Å². The average Bonchev–Trinajstić information content (AvgIpc) is 2.74. The SMILES string of the molecule is N[C@@H](CC(=O)NCCCCN1CCNCCNCCNCC1)C(=O)N[C@@H](CC(=O)O)C(=O)O. The molecule has 9 N–H and O–H groups in total. The van der Waals surface area contributed by atoms with Gasteiger partial charge in [-0.1, -0.05) is 0 Å². The Morgan fingerprint density at radius 1 is 0.879 bits per heavy atom. The lowest BCUT2D eigenvalue weighted by molar-refractivity contribution is -0.147. The number of hydrogen-bond acceptors (Lipinski definition) is 9. The fraction of sp³-hybridized carbons (Fsp3) is 0.800. The van der Waals surface area contributed by atoms with Crippen molar-refractivity contribution in [2.24, 2.45) is 5.73 Å². The molecule has 0 aromatic carbocycles. The van der Waals surface area contributed by atoms with Crippen LogP contribution >= 0.6 is 0 Å². The molecule has 0 spiro atoms. The molecule has 0 aromatic rings. The van der Waals surface area contributed by atoms with Crippen molar-refractivity contribution in [3.63, 3.8) is 0 Å². The molecule has 1 saturated heterocycles. The van der Waals surface area contributed by atoms with Crippen molar-refractivity contribution in [2.45, 2.75) is 37.8 Å². The van der Waals surface area contributed by atoms with Gasteiger partial charge in [-0.25, -0.2) is 4.79 Å². The molecule has 2 atom stereocenters. The van der Waals surface area contributed by atoms with Crippen LogP contribution < -0.4 is 32.3 Å². The van der Waals surface area contributed by atoms with Crippen molar-refractivity contribution >= 4 is 23.8 Å². The minimum atomic E-state index is -1.60. The van der Waals surface area contributed by atoms with Crippen LogP contribution in [0.1, 0.15) is 25.7 Å². The number of nitrogens with two attached hydrogens (primary N) is 1. The molecule has 0 radical (unpaired) electrons. The number of carbonyl (C=O) groups is 4. The second-order valence-corrected chi connectivity index (χ2v) is 7.96. The van der Waals surface area contributed by atoms with Gasteiger partial charge in [0.05, 0.1) is 18.9 Å². The lowest BCUT2D eigenvalue weighted by Gasteiger charge is -2.23. The Hall–Kier alpha value is -2.32. The maximum atomic E-state index is 12.0. The van der Waals surface area contributed by atoms with Crippen molar-refractivity contribution in [3.8, 4) is 0 Å². The zero-order valence-electron chi connectivity index (χ0n) is 19.1. The third kappa shape index (κ3) is 14.4. The van der Waals surface area contributed by atoms with Crippen LogP contribution in [0.3, 0.4) is 0 Å². The first-order chi connectivity index (χ1) is 15.8. The summed E-state index contributed by atoms with van der Waals surface area (Å²) in [7, 11) is 0. The van der Waals surface area contributed by atoms with Crippen molar-refractivity contribution in [1.29, 1.82) is 0 Å². The third-order valence-electron chi connectivity index (χ3n) is 5.13. The van der Waals surface area contributed by atoms with Gasteiger partial charge in [0.1, 0.15) is 6.04 Å². The fourth-order valence-electron chi connectivity index (χ4n) is 3.24. The molecule has 0 saturated carbocycles. The normalized spacial score (nSPS) is 18.2. The molecule has 13 heteroatoms. The fourth-order valence-corrected chi connectivity index (χ4v) is 3.24. The highest BCUT2D eigenvalue weighted by atomic mass is 16.4. The lowest BCUT2D eigenvalue weighted by Crippen LogP contribution is -2.50. The van der Waals surface area contributed by atoms with Gasteiger partial charge < -0.3 is 47.4 Å². The van der Waals surface area contributed by atoms with Gasteiger partial charge in [0.2, 0.25) is 11.8 Å². The van der Waals surface area contributed by atoms with Gasteiger partial charge in [-0.2, -0.15) is 0 Å². The highest BCUT2D eigenvalue weighted by molar-refractivity contribution is 5.91. The van der Waals surface area contributed by atoms with E-state index in [0.29, 0.717) is 6.54 Å². The highest BCUT2D eigenvalue weighted by Crippen LogP contribution is 1.98. The summed E-state index contributed by atoms with van der Waals surface area (Å²) in [5.41, 5.74) is 5.66. The van der Waals surface area contributed by atoms with Crippen LogP contribution in [0.25, 0.3) is 0 Å². The Kier molecular flexibility index (Phi) is 15.0. The molecule has 1 aliphatic heterocycles. The zero-order valence-corrected chi connectivity index (χ0v) is 19.1. The minimum absolute atomic E-state index is 0.316. The van der Waals surface area contributed by atoms with E-state index in [0.717, 1.165) is 71.7 Å². The van der Waals surface area contributed by atoms with E-state index in [4.69, 9.17) is 15.9 Å². The van der Waals surface area contributed by atoms with E-state index in [9.17, 15) is 19.2 Å². The maximum absolute atomic E-state index is 12.0. The predicted octanol–water partition coefficient (Wildman–Crippen LogP) is -3.27. The molecule has 0 unspecified atom stereocenters. The number of nitrogens with one attached hydrogen (secondary N) is 5. The summed E-state index contributed by atoms with van der Waals surface area (Å²) in [4.78, 5) is 48.1.